The lowest BCUT2D eigenvalue weighted by atomic mass is 9.99. The van der Waals surface area contributed by atoms with Gasteiger partial charge in [-0.3, -0.25) is 9.69 Å². The smallest absolute Gasteiger partial charge is 0.251 e. The minimum atomic E-state index is -0.0606. The van der Waals surface area contributed by atoms with Gasteiger partial charge in [0.25, 0.3) is 5.91 Å². The minimum Gasteiger partial charge on any atom is -0.491 e. The zero-order chi connectivity index (χ0) is 25.2. The Hall–Kier alpha value is -3.15. The van der Waals surface area contributed by atoms with Crippen molar-refractivity contribution in [2.24, 2.45) is 5.92 Å². The minimum absolute atomic E-state index is 0.0606. The van der Waals surface area contributed by atoms with Crippen molar-refractivity contribution in [3.05, 3.63) is 101 Å². The Morgan fingerprint density at radius 1 is 0.944 bits per heavy atom. The number of carbonyl (C=O) groups excluding carboxylic acids is 1. The molecule has 0 aliphatic carbocycles. The van der Waals surface area contributed by atoms with Gasteiger partial charge in [0.1, 0.15) is 12.4 Å². The molecule has 0 saturated heterocycles. The number of ether oxygens (including phenoxy) is 2. The van der Waals surface area contributed by atoms with Gasteiger partial charge in [-0.25, -0.2) is 0 Å². The molecule has 3 aromatic rings. The normalized spacial score (nSPS) is 15.0. The molecule has 2 bridgehead atoms. The Labute approximate surface area is 215 Å². The molecule has 5 heteroatoms. The maximum Gasteiger partial charge on any atom is 0.251 e. The molecule has 0 saturated carbocycles. The maximum absolute atomic E-state index is 12.9. The first kappa shape index (κ1) is 25.9. The Bertz CT molecular complexity index is 1110. The van der Waals surface area contributed by atoms with Gasteiger partial charge in [-0.1, -0.05) is 68.4 Å². The van der Waals surface area contributed by atoms with Gasteiger partial charge in [0.2, 0.25) is 0 Å². The van der Waals surface area contributed by atoms with Crippen molar-refractivity contribution in [3.8, 4) is 5.75 Å². The first-order chi connectivity index (χ1) is 17.6. The van der Waals surface area contributed by atoms with E-state index < -0.39 is 0 Å². The Balaban J connectivity index is 1.50. The first-order valence-electron chi connectivity index (χ1n) is 13.0. The number of fused-ring (bicyclic) bond motifs is 3. The summed E-state index contributed by atoms with van der Waals surface area (Å²) < 4.78 is 12.0. The molecule has 0 spiro atoms. The van der Waals surface area contributed by atoms with E-state index in [2.05, 4.69) is 60.5 Å². The van der Waals surface area contributed by atoms with E-state index in [9.17, 15) is 4.79 Å². The molecular weight excluding hydrogens is 448 g/mol. The summed E-state index contributed by atoms with van der Waals surface area (Å²) in [6, 6.07) is 24.7. The van der Waals surface area contributed by atoms with Gasteiger partial charge in [0.15, 0.2) is 0 Å². The summed E-state index contributed by atoms with van der Waals surface area (Å²) in [6.07, 6.45) is 1.51. The van der Waals surface area contributed by atoms with Gasteiger partial charge in [-0.05, 0) is 52.8 Å². The van der Waals surface area contributed by atoms with Crippen LogP contribution in [0.15, 0.2) is 72.8 Å². The Kier molecular flexibility index (Phi) is 9.54. The Morgan fingerprint density at radius 3 is 2.61 bits per heavy atom. The van der Waals surface area contributed by atoms with Gasteiger partial charge in [-0.2, -0.15) is 0 Å². The molecule has 4 rings (SSSR count). The molecule has 1 aliphatic heterocycles. The van der Waals surface area contributed by atoms with Crippen LogP contribution in [-0.2, 0) is 24.1 Å². The number of hydrogen-bond acceptors (Lipinski definition) is 4. The van der Waals surface area contributed by atoms with Gasteiger partial charge in [0.05, 0.1) is 13.2 Å². The highest BCUT2D eigenvalue weighted by molar-refractivity contribution is 5.94. The standard InChI is InChI=1S/C31H38N2O3/c1-24(2)22-33-15-16-35-17-18-36-30-12-11-28(31(34)32-14-13-25-7-4-3-5-8-25)21-29(30)20-26-9-6-10-27(19-26)23-33/h3-12,19,21,24H,13-18,20,22-23H2,1-2H3,(H,32,34). The second kappa shape index (κ2) is 13.2. The molecule has 0 unspecified atom stereocenters. The quantitative estimate of drug-likeness (QED) is 0.526. The van der Waals surface area contributed by atoms with Crippen LogP contribution in [0, 0.1) is 5.92 Å². The molecule has 3 aromatic carbocycles. The predicted molar refractivity (Wildman–Crippen MR) is 145 cm³/mol. The van der Waals surface area contributed by atoms with E-state index in [1.54, 1.807) is 0 Å². The van der Waals surface area contributed by atoms with Crippen LogP contribution in [0.25, 0.3) is 0 Å². The van der Waals surface area contributed by atoms with Crippen LogP contribution in [0.1, 0.15) is 46.5 Å². The largest absolute Gasteiger partial charge is 0.491 e. The molecule has 0 radical (unpaired) electrons. The lowest BCUT2D eigenvalue weighted by Crippen LogP contribution is -2.31. The average Bonchev–Trinajstić information content (AvgIpc) is 2.86. The summed E-state index contributed by atoms with van der Waals surface area (Å²) >= 11 is 0. The van der Waals surface area contributed by atoms with Crippen LogP contribution in [0.2, 0.25) is 0 Å². The lowest BCUT2D eigenvalue weighted by molar-refractivity contribution is 0.0746. The molecule has 1 N–H and O–H groups in total. The van der Waals surface area contributed by atoms with Gasteiger partial charge >= 0.3 is 0 Å². The molecule has 0 fully saturated rings. The summed E-state index contributed by atoms with van der Waals surface area (Å²) in [6.45, 7) is 9.67. The van der Waals surface area contributed by atoms with Crippen LogP contribution in [-0.4, -0.2) is 50.3 Å². The van der Waals surface area contributed by atoms with E-state index >= 15 is 0 Å². The first-order valence-corrected chi connectivity index (χ1v) is 13.0. The fourth-order valence-electron chi connectivity index (χ4n) is 4.64. The molecule has 1 aliphatic rings. The third kappa shape index (κ3) is 7.94. The average molecular weight is 487 g/mol. The van der Waals surface area contributed by atoms with Crippen molar-refractivity contribution in [2.75, 3.05) is 39.5 Å². The van der Waals surface area contributed by atoms with E-state index in [1.807, 2.05) is 36.4 Å². The predicted octanol–water partition coefficient (Wildman–Crippen LogP) is 5.12. The number of amides is 1. The zero-order valence-corrected chi connectivity index (χ0v) is 21.5. The third-order valence-electron chi connectivity index (χ3n) is 6.32. The fraction of sp³-hybridized carbons (Fsp3) is 0.387. The fourth-order valence-corrected chi connectivity index (χ4v) is 4.64. The molecule has 1 heterocycles. The van der Waals surface area contributed by atoms with Crippen molar-refractivity contribution in [1.82, 2.24) is 10.2 Å². The van der Waals surface area contributed by atoms with Crippen LogP contribution < -0.4 is 10.1 Å². The lowest BCUT2D eigenvalue weighted by Gasteiger charge is -2.25. The van der Waals surface area contributed by atoms with Crippen LogP contribution >= 0.6 is 0 Å². The van der Waals surface area contributed by atoms with Crippen LogP contribution in [0.5, 0.6) is 5.75 Å². The zero-order valence-electron chi connectivity index (χ0n) is 21.5. The molecule has 5 nitrogen and oxygen atoms in total. The molecular formula is C31H38N2O3. The third-order valence-corrected chi connectivity index (χ3v) is 6.32. The summed E-state index contributed by atoms with van der Waals surface area (Å²) in [4.78, 5) is 15.4. The highest BCUT2D eigenvalue weighted by Gasteiger charge is 2.14. The van der Waals surface area contributed by atoms with Crippen LogP contribution in [0.4, 0.5) is 0 Å². The summed E-state index contributed by atoms with van der Waals surface area (Å²) in [5.41, 5.74) is 5.39. The molecule has 0 atom stereocenters. The summed E-state index contributed by atoms with van der Waals surface area (Å²) in [5, 5.41) is 3.06. The van der Waals surface area contributed by atoms with E-state index in [4.69, 9.17) is 9.47 Å². The van der Waals surface area contributed by atoms with Crippen molar-refractivity contribution in [3.63, 3.8) is 0 Å². The number of carbonyl (C=O) groups is 1. The van der Waals surface area contributed by atoms with Crippen molar-refractivity contribution >= 4 is 5.91 Å². The Morgan fingerprint density at radius 2 is 1.78 bits per heavy atom. The second-order valence-electron chi connectivity index (χ2n) is 9.90. The number of hydrogen-bond donors (Lipinski definition) is 1. The summed E-state index contributed by atoms with van der Waals surface area (Å²) in [5.74, 6) is 1.34. The van der Waals surface area contributed by atoms with Gasteiger partial charge < -0.3 is 14.8 Å². The second-order valence-corrected chi connectivity index (χ2v) is 9.90. The van der Waals surface area contributed by atoms with Crippen LogP contribution in [0.3, 0.4) is 0 Å². The topological polar surface area (TPSA) is 50.8 Å². The summed E-state index contributed by atoms with van der Waals surface area (Å²) in [7, 11) is 0. The van der Waals surface area contributed by atoms with E-state index in [1.165, 1.54) is 16.7 Å². The van der Waals surface area contributed by atoms with Gasteiger partial charge in [0, 0.05) is 38.2 Å². The number of nitrogens with one attached hydrogen (secondary N) is 1. The molecule has 190 valence electrons. The van der Waals surface area contributed by atoms with E-state index in [0.29, 0.717) is 44.3 Å². The number of rotatable bonds is 6. The van der Waals surface area contributed by atoms with Crippen molar-refractivity contribution in [2.45, 2.75) is 33.2 Å². The highest BCUT2D eigenvalue weighted by atomic mass is 16.5. The monoisotopic (exact) mass is 486 g/mol. The molecule has 0 aromatic heterocycles. The van der Waals surface area contributed by atoms with E-state index in [0.717, 1.165) is 37.4 Å². The number of nitrogens with zero attached hydrogens (tertiary/aromatic N) is 1. The molecule has 1 amide bonds. The highest BCUT2D eigenvalue weighted by Crippen LogP contribution is 2.25. The van der Waals surface area contributed by atoms with Gasteiger partial charge in [-0.15, -0.1) is 0 Å². The molecule has 36 heavy (non-hydrogen) atoms. The number of benzene rings is 3. The maximum atomic E-state index is 12.9. The van der Waals surface area contributed by atoms with Crippen molar-refractivity contribution in [1.29, 1.82) is 0 Å². The van der Waals surface area contributed by atoms with E-state index in [-0.39, 0.29) is 5.91 Å². The van der Waals surface area contributed by atoms with Crippen molar-refractivity contribution < 1.29 is 14.3 Å². The SMILES string of the molecule is CC(C)CN1CCOCCOc2ccc(C(=O)NCCc3ccccc3)cc2Cc2cccc(c2)C1.